The van der Waals surface area contributed by atoms with Crippen LogP contribution < -0.4 is 10.2 Å². The minimum absolute atomic E-state index is 0.668. The van der Waals surface area contributed by atoms with Gasteiger partial charge in [-0.1, -0.05) is 26.7 Å². The highest BCUT2D eigenvalue weighted by Crippen LogP contribution is 2.16. The van der Waals surface area contributed by atoms with Crippen molar-refractivity contribution in [3.05, 3.63) is 18.1 Å². The normalized spacial score (nSPS) is 16.7. The lowest BCUT2D eigenvalue weighted by atomic mass is 10.2. The Hall–Kier alpha value is -1.16. The van der Waals surface area contributed by atoms with Crippen molar-refractivity contribution < 1.29 is 0 Å². The van der Waals surface area contributed by atoms with Crippen molar-refractivity contribution in [1.29, 1.82) is 0 Å². The Kier molecular flexibility index (Phi) is 5.58. The van der Waals surface area contributed by atoms with Crippen LogP contribution in [0.2, 0.25) is 0 Å². The molecule has 2 heterocycles. The van der Waals surface area contributed by atoms with Crippen molar-refractivity contribution in [1.82, 2.24) is 15.3 Å². The van der Waals surface area contributed by atoms with E-state index < -0.39 is 0 Å². The van der Waals surface area contributed by atoms with E-state index in [1.165, 1.54) is 25.7 Å². The van der Waals surface area contributed by atoms with Gasteiger partial charge in [-0.3, -0.25) is 4.98 Å². The smallest absolute Gasteiger partial charge is 0.147 e. The molecule has 4 heteroatoms. The third-order valence-corrected chi connectivity index (χ3v) is 3.46. The number of anilines is 1. The van der Waals surface area contributed by atoms with Crippen molar-refractivity contribution in [2.24, 2.45) is 5.92 Å². The Balaban J connectivity index is 1.93. The highest BCUT2D eigenvalue weighted by Gasteiger charge is 2.11. The van der Waals surface area contributed by atoms with E-state index in [1.54, 1.807) is 0 Å². The van der Waals surface area contributed by atoms with Crippen LogP contribution in [0.3, 0.4) is 0 Å². The maximum absolute atomic E-state index is 4.74. The SMILES string of the molecule is CC(C)CNCc1cncc(N2CCCCCC2)n1. The summed E-state index contributed by atoms with van der Waals surface area (Å²) < 4.78 is 0. The number of rotatable bonds is 5. The monoisotopic (exact) mass is 262 g/mol. The van der Waals surface area contributed by atoms with Crippen LogP contribution in [-0.2, 0) is 6.54 Å². The topological polar surface area (TPSA) is 41.1 Å². The van der Waals surface area contributed by atoms with Crippen LogP contribution in [0.4, 0.5) is 5.82 Å². The van der Waals surface area contributed by atoms with Gasteiger partial charge in [-0.15, -0.1) is 0 Å². The summed E-state index contributed by atoms with van der Waals surface area (Å²) in [5.41, 5.74) is 1.04. The van der Waals surface area contributed by atoms with Gasteiger partial charge in [0.2, 0.25) is 0 Å². The summed E-state index contributed by atoms with van der Waals surface area (Å²) in [7, 11) is 0. The molecular formula is C15H26N4. The molecule has 106 valence electrons. The fourth-order valence-corrected chi connectivity index (χ4v) is 2.42. The van der Waals surface area contributed by atoms with Gasteiger partial charge in [0, 0.05) is 25.8 Å². The van der Waals surface area contributed by atoms with Crippen LogP contribution in [0.15, 0.2) is 12.4 Å². The molecule has 1 N–H and O–H groups in total. The average Bonchev–Trinajstić information content (AvgIpc) is 2.67. The Bertz CT molecular complexity index is 370. The summed E-state index contributed by atoms with van der Waals surface area (Å²) in [6.45, 7) is 8.51. The summed E-state index contributed by atoms with van der Waals surface area (Å²) in [4.78, 5) is 11.5. The Morgan fingerprint density at radius 3 is 2.58 bits per heavy atom. The summed E-state index contributed by atoms with van der Waals surface area (Å²) in [6, 6.07) is 0. The van der Waals surface area contributed by atoms with Crippen LogP contribution in [0.1, 0.15) is 45.2 Å². The highest BCUT2D eigenvalue weighted by atomic mass is 15.2. The Morgan fingerprint density at radius 1 is 1.16 bits per heavy atom. The largest absolute Gasteiger partial charge is 0.355 e. The van der Waals surface area contributed by atoms with E-state index in [1.807, 2.05) is 12.4 Å². The Labute approximate surface area is 116 Å². The van der Waals surface area contributed by atoms with Crippen molar-refractivity contribution >= 4 is 5.82 Å². The molecule has 1 saturated heterocycles. The van der Waals surface area contributed by atoms with Gasteiger partial charge in [-0.25, -0.2) is 4.98 Å². The second-order valence-corrected chi connectivity index (χ2v) is 5.79. The van der Waals surface area contributed by atoms with E-state index in [4.69, 9.17) is 4.98 Å². The molecule has 1 aromatic heterocycles. The number of nitrogens with zero attached hydrogens (tertiary/aromatic N) is 3. The lowest BCUT2D eigenvalue weighted by Gasteiger charge is -2.21. The van der Waals surface area contributed by atoms with Gasteiger partial charge in [0.25, 0.3) is 0 Å². The first-order valence-corrected chi connectivity index (χ1v) is 7.52. The lowest BCUT2D eigenvalue weighted by Crippen LogP contribution is -2.26. The van der Waals surface area contributed by atoms with E-state index in [0.717, 1.165) is 37.7 Å². The third-order valence-electron chi connectivity index (χ3n) is 3.46. The van der Waals surface area contributed by atoms with Gasteiger partial charge in [-0.2, -0.15) is 0 Å². The minimum Gasteiger partial charge on any atom is -0.355 e. The van der Waals surface area contributed by atoms with Crippen molar-refractivity contribution in [3.63, 3.8) is 0 Å². The minimum atomic E-state index is 0.668. The molecule has 0 amide bonds. The summed E-state index contributed by atoms with van der Waals surface area (Å²) in [6.07, 6.45) is 9.01. The number of nitrogens with one attached hydrogen (secondary N) is 1. The highest BCUT2D eigenvalue weighted by molar-refractivity contribution is 5.36. The number of hydrogen-bond acceptors (Lipinski definition) is 4. The quantitative estimate of drug-likeness (QED) is 0.885. The number of hydrogen-bond donors (Lipinski definition) is 1. The molecule has 0 bridgehead atoms. The molecular weight excluding hydrogens is 236 g/mol. The second-order valence-electron chi connectivity index (χ2n) is 5.79. The summed E-state index contributed by atoms with van der Waals surface area (Å²) in [5, 5.41) is 3.42. The molecule has 0 saturated carbocycles. The first-order chi connectivity index (χ1) is 9.25. The van der Waals surface area contributed by atoms with Crippen molar-refractivity contribution in [3.8, 4) is 0 Å². The van der Waals surface area contributed by atoms with E-state index >= 15 is 0 Å². The van der Waals surface area contributed by atoms with E-state index in [2.05, 4.69) is 29.0 Å². The van der Waals surface area contributed by atoms with Gasteiger partial charge in [0.15, 0.2) is 0 Å². The van der Waals surface area contributed by atoms with Crippen LogP contribution in [-0.4, -0.2) is 29.6 Å². The predicted octanol–water partition coefficient (Wildman–Crippen LogP) is 2.60. The van der Waals surface area contributed by atoms with Gasteiger partial charge in [0.05, 0.1) is 11.9 Å². The molecule has 0 atom stereocenters. The summed E-state index contributed by atoms with van der Waals surface area (Å²) in [5.74, 6) is 1.72. The van der Waals surface area contributed by atoms with Crippen LogP contribution >= 0.6 is 0 Å². The maximum atomic E-state index is 4.74. The Morgan fingerprint density at radius 2 is 1.89 bits per heavy atom. The van der Waals surface area contributed by atoms with Gasteiger partial charge >= 0.3 is 0 Å². The molecule has 19 heavy (non-hydrogen) atoms. The van der Waals surface area contributed by atoms with Crippen molar-refractivity contribution in [2.75, 3.05) is 24.5 Å². The average molecular weight is 262 g/mol. The van der Waals surface area contributed by atoms with E-state index in [9.17, 15) is 0 Å². The molecule has 1 fully saturated rings. The molecule has 1 aliphatic heterocycles. The molecule has 2 rings (SSSR count). The molecule has 0 spiro atoms. The summed E-state index contributed by atoms with van der Waals surface area (Å²) >= 11 is 0. The standard InChI is InChI=1S/C15H26N4/c1-13(2)9-16-10-14-11-17-12-15(18-14)19-7-5-3-4-6-8-19/h11-13,16H,3-10H2,1-2H3. The molecule has 4 nitrogen and oxygen atoms in total. The second kappa shape index (κ2) is 7.43. The van der Waals surface area contributed by atoms with E-state index in [-0.39, 0.29) is 0 Å². The molecule has 0 aromatic carbocycles. The zero-order chi connectivity index (χ0) is 13.5. The fraction of sp³-hybridized carbons (Fsp3) is 0.733. The van der Waals surface area contributed by atoms with E-state index in [0.29, 0.717) is 5.92 Å². The molecule has 0 radical (unpaired) electrons. The van der Waals surface area contributed by atoms with Crippen LogP contribution in [0.5, 0.6) is 0 Å². The maximum Gasteiger partial charge on any atom is 0.147 e. The molecule has 0 unspecified atom stereocenters. The van der Waals surface area contributed by atoms with Crippen molar-refractivity contribution in [2.45, 2.75) is 46.1 Å². The molecule has 0 aliphatic carbocycles. The zero-order valence-electron chi connectivity index (χ0n) is 12.2. The third kappa shape index (κ3) is 4.78. The zero-order valence-corrected chi connectivity index (χ0v) is 12.2. The first-order valence-electron chi connectivity index (χ1n) is 7.52. The first kappa shape index (κ1) is 14.3. The van der Waals surface area contributed by atoms with Gasteiger partial charge < -0.3 is 10.2 Å². The molecule has 1 aliphatic rings. The lowest BCUT2D eigenvalue weighted by molar-refractivity contribution is 0.547. The number of aromatic nitrogens is 2. The van der Waals surface area contributed by atoms with Crippen LogP contribution in [0.25, 0.3) is 0 Å². The van der Waals surface area contributed by atoms with Gasteiger partial charge in [-0.05, 0) is 25.3 Å². The molecule has 1 aromatic rings. The fourth-order valence-electron chi connectivity index (χ4n) is 2.42. The van der Waals surface area contributed by atoms with Crippen LogP contribution in [0, 0.1) is 5.92 Å². The predicted molar refractivity (Wildman–Crippen MR) is 79.3 cm³/mol. The van der Waals surface area contributed by atoms with Gasteiger partial charge in [0.1, 0.15) is 5.82 Å².